The van der Waals surface area contributed by atoms with Crippen LogP contribution in [0.15, 0.2) is 36.4 Å². The van der Waals surface area contributed by atoms with E-state index in [1.165, 1.54) is 12.1 Å². The minimum Gasteiger partial charge on any atom is -0.366 e. The summed E-state index contributed by atoms with van der Waals surface area (Å²) < 4.78 is 0. The largest absolute Gasteiger partial charge is 0.366 e. The number of amides is 2. The molecule has 0 saturated heterocycles. The van der Waals surface area contributed by atoms with Crippen molar-refractivity contribution < 1.29 is 9.59 Å². The van der Waals surface area contributed by atoms with Crippen molar-refractivity contribution in [2.75, 3.05) is 7.05 Å². The molecule has 0 aliphatic rings. The summed E-state index contributed by atoms with van der Waals surface area (Å²) >= 11 is 5.85. The lowest BCUT2D eigenvalue weighted by Crippen LogP contribution is -2.17. The number of carbonyl (C=O) groups excluding carboxylic acids is 2. The van der Waals surface area contributed by atoms with Crippen LogP contribution >= 0.6 is 11.6 Å². The minimum absolute atomic E-state index is 0.189. The van der Waals surface area contributed by atoms with Gasteiger partial charge in [0.05, 0.1) is 11.3 Å². The lowest BCUT2D eigenvalue weighted by Gasteiger charge is -2.07. The fraction of sp³-hybridized carbons (Fsp3) is 0.0714. The molecule has 2 rings (SSSR count). The van der Waals surface area contributed by atoms with Crippen LogP contribution < -0.4 is 11.1 Å². The Kier molecular flexibility index (Phi) is 4.00. The first-order valence-electron chi connectivity index (χ1n) is 5.82. The maximum Gasteiger partial charge on any atom is 0.251 e. The number of carbonyl (C=O) groups is 2. The van der Waals surface area contributed by atoms with Gasteiger partial charge in [-0.05, 0) is 24.3 Å². The van der Waals surface area contributed by atoms with Gasteiger partial charge < -0.3 is 11.1 Å². The molecule has 2 amide bonds. The van der Waals surface area contributed by atoms with Crippen LogP contribution in [0.2, 0.25) is 5.15 Å². The Morgan fingerprint density at radius 1 is 1.15 bits per heavy atom. The second-order valence-corrected chi connectivity index (χ2v) is 4.44. The van der Waals surface area contributed by atoms with E-state index in [1.54, 1.807) is 31.3 Å². The molecular formula is C14H12ClN3O2. The number of rotatable bonds is 3. The molecule has 20 heavy (non-hydrogen) atoms. The molecule has 0 radical (unpaired) electrons. The number of pyridine rings is 1. The lowest BCUT2D eigenvalue weighted by molar-refractivity contribution is 0.0961. The molecule has 102 valence electrons. The number of aromatic nitrogens is 1. The van der Waals surface area contributed by atoms with Gasteiger partial charge in [-0.15, -0.1) is 0 Å². The van der Waals surface area contributed by atoms with Crippen molar-refractivity contribution in [3.8, 4) is 11.3 Å². The number of halogens is 1. The first kappa shape index (κ1) is 14.0. The topological polar surface area (TPSA) is 85.1 Å². The Labute approximate surface area is 120 Å². The first-order chi connectivity index (χ1) is 9.52. The van der Waals surface area contributed by atoms with E-state index in [-0.39, 0.29) is 16.6 Å². The normalized spacial score (nSPS) is 10.1. The van der Waals surface area contributed by atoms with E-state index in [2.05, 4.69) is 10.3 Å². The molecule has 5 nitrogen and oxygen atoms in total. The SMILES string of the molecule is CNC(=O)c1ccc(-c2nc(Cl)ccc2C(N)=O)cc1. The fourth-order valence-corrected chi connectivity index (χ4v) is 1.93. The number of hydrogen-bond acceptors (Lipinski definition) is 3. The smallest absolute Gasteiger partial charge is 0.251 e. The summed E-state index contributed by atoms with van der Waals surface area (Å²) in [4.78, 5) is 27.0. The average Bonchev–Trinajstić information content (AvgIpc) is 2.46. The summed E-state index contributed by atoms with van der Waals surface area (Å²) in [5, 5.41) is 2.79. The minimum atomic E-state index is -0.584. The summed E-state index contributed by atoms with van der Waals surface area (Å²) in [7, 11) is 1.56. The highest BCUT2D eigenvalue weighted by Crippen LogP contribution is 2.23. The summed E-state index contributed by atoms with van der Waals surface area (Å²) in [6, 6.07) is 9.69. The average molecular weight is 290 g/mol. The van der Waals surface area contributed by atoms with Crippen molar-refractivity contribution in [1.82, 2.24) is 10.3 Å². The predicted octanol–water partition coefficient (Wildman–Crippen LogP) is 1.86. The molecular weight excluding hydrogens is 278 g/mol. The van der Waals surface area contributed by atoms with Gasteiger partial charge in [0.25, 0.3) is 11.8 Å². The number of primary amides is 1. The van der Waals surface area contributed by atoms with Crippen molar-refractivity contribution in [2.24, 2.45) is 5.73 Å². The number of nitrogens with two attached hydrogens (primary N) is 1. The van der Waals surface area contributed by atoms with E-state index in [9.17, 15) is 9.59 Å². The van der Waals surface area contributed by atoms with Crippen LogP contribution in [0, 0.1) is 0 Å². The van der Waals surface area contributed by atoms with Gasteiger partial charge in [0.1, 0.15) is 5.15 Å². The molecule has 1 aromatic carbocycles. The van der Waals surface area contributed by atoms with Gasteiger partial charge in [0.2, 0.25) is 0 Å². The van der Waals surface area contributed by atoms with E-state index in [1.807, 2.05) is 0 Å². The zero-order valence-corrected chi connectivity index (χ0v) is 11.4. The monoisotopic (exact) mass is 289 g/mol. The molecule has 0 fully saturated rings. The Morgan fingerprint density at radius 3 is 2.35 bits per heavy atom. The molecule has 0 aliphatic carbocycles. The molecule has 0 spiro atoms. The third-order valence-corrected chi connectivity index (χ3v) is 2.98. The van der Waals surface area contributed by atoms with Crippen LogP contribution in [0.3, 0.4) is 0 Å². The van der Waals surface area contributed by atoms with Crippen LogP contribution in [0.5, 0.6) is 0 Å². The van der Waals surface area contributed by atoms with Gasteiger partial charge in [-0.25, -0.2) is 4.98 Å². The van der Waals surface area contributed by atoms with Crippen molar-refractivity contribution in [2.45, 2.75) is 0 Å². The number of hydrogen-bond donors (Lipinski definition) is 2. The van der Waals surface area contributed by atoms with Crippen LogP contribution in [0.1, 0.15) is 20.7 Å². The van der Waals surface area contributed by atoms with Gasteiger partial charge in [0, 0.05) is 18.2 Å². The molecule has 0 saturated carbocycles. The van der Waals surface area contributed by atoms with Crippen molar-refractivity contribution >= 4 is 23.4 Å². The highest BCUT2D eigenvalue weighted by Gasteiger charge is 2.13. The van der Waals surface area contributed by atoms with Crippen LogP contribution in [0.25, 0.3) is 11.3 Å². The van der Waals surface area contributed by atoms with Gasteiger partial charge in [-0.3, -0.25) is 9.59 Å². The second kappa shape index (κ2) is 5.71. The van der Waals surface area contributed by atoms with Crippen LogP contribution in [-0.2, 0) is 0 Å². The van der Waals surface area contributed by atoms with Crippen molar-refractivity contribution in [1.29, 1.82) is 0 Å². The Morgan fingerprint density at radius 2 is 1.80 bits per heavy atom. The van der Waals surface area contributed by atoms with Crippen LogP contribution in [-0.4, -0.2) is 23.8 Å². The van der Waals surface area contributed by atoms with E-state index in [4.69, 9.17) is 17.3 Å². The lowest BCUT2D eigenvalue weighted by atomic mass is 10.0. The summed E-state index contributed by atoms with van der Waals surface area (Å²) in [6.45, 7) is 0. The molecule has 2 aromatic rings. The highest BCUT2D eigenvalue weighted by molar-refractivity contribution is 6.29. The van der Waals surface area contributed by atoms with Gasteiger partial charge in [-0.2, -0.15) is 0 Å². The molecule has 1 heterocycles. The van der Waals surface area contributed by atoms with Gasteiger partial charge >= 0.3 is 0 Å². The molecule has 0 atom stereocenters. The third kappa shape index (κ3) is 2.78. The Bertz CT molecular complexity index is 669. The third-order valence-electron chi connectivity index (χ3n) is 2.77. The van der Waals surface area contributed by atoms with E-state index < -0.39 is 5.91 Å². The predicted molar refractivity (Wildman–Crippen MR) is 76.6 cm³/mol. The molecule has 3 N–H and O–H groups in total. The quantitative estimate of drug-likeness (QED) is 0.846. The van der Waals surface area contributed by atoms with Crippen LogP contribution in [0.4, 0.5) is 0 Å². The van der Waals surface area contributed by atoms with Crippen molar-refractivity contribution in [3.63, 3.8) is 0 Å². The second-order valence-electron chi connectivity index (χ2n) is 4.05. The van der Waals surface area contributed by atoms with Crippen molar-refractivity contribution in [3.05, 3.63) is 52.7 Å². The first-order valence-corrected chi connectivity index (χ1v) is 6.19. The number of nitrogens with one attached hydrogen (secondary N) is 1. The molecule has 0 unspecified atom stereocenters. The standard InChI is InChI=1S/C14H12ClN3O2/c1-17-14(20)9-4-2-8(3-5-9)12-10(13(16)19)6-7-11(15)18-12/h2-7H,1H3,(H2,16,19)(H,17,20). The molecule has 1 aromatic heterocycles. The summed E-state index contributed by atoms with van der Waals surface area (Å²) in [5.41, 5.74) is 7.17. The summed E-state index contributed by atoms with van der Waals surface area (Å²) in [5.74, 6) is -0.773. The Hall–Kier alpha value is -2.40. The van der Waals surface area contributed by atoms with E-state index in [0.29, 0.717) is 16.8 Å². The molecule has 6 heteroatoms. The summed E-state index contributed by atoms with van der Waals surface area (Å²) in [6.07, 6.45) is 0. The zero-order valence-electron chi connectivity index (χ0n) is 10.7. The highest BCUT2D eigenvalue weighted by atomic mass is 35.5. The van der Waals surface area contributed by atoms with E-state index >= 15 is 0 Å². The number of benzene rings is 1. The number of nitrogens with zero attached hydrogens (tertiary/aromatic N) is 1. The fourth-order valence-electron chi connectivity index (χ4n) is 1.78. The molecule has 0 aliphatic heterocycles. The maximum absolute atomic E-state index is 11.5. The molecule has 0 bridgehead atoms. The Balaban J connectivity index is 2.48. The van der Waals surface area contributed by atoms with Gasteiger partial charge in [0.15, 0.2) is 0 Å². The zero-order chi connectivity index (χ0) is 14.7. The van der Waals surface area contributed by atoms with E-state index in [0.717, 1.165) is 0 Å². The van der Waals surface area contributed by atoms with Gasteiger partial charge in [-0.1, -0.05) is 23.7 Å². The maximum atomic E-state index is 11.5.